The van der Waals surface area contributed by atoms with E-state index in [-0.39, 0.29) is 17.3 Å². The van der Waals surface area contributed by atoms with Gasteiger partial charge in [0, 0.05) is 18.6 Å². The van der Waals surface area contributed by atoms with Crippen LogP contribution >= 0.6 is 0 Å². The molecule has 1 N–H and O–H groups in total. The number of anilines is 1. The predicted molar refractivity (Wildman–Crippen MR) is 118 cm³/mol. The van der Waals surface area contributed by atoms with Crippen molar-refractivity contribution in [1.82, 2.24) is 24.4 Å². The number of nitrogens with one attached hydrogen (secondary N) is 1. The molecule has 0 aromatic carbocycles. The lowest BCUT2D eigenvalue weighted by atomic mass is 9.78. The zero-order valence-electron chi connectivity index (χ0n) is 18.8. The quantitative estimate of drug-likeness (QED) is 0.525. The summed E-state index contributed by atoms with van der Waals surface area (Å²) in [6, 6.07) is 0.0737. The summed E-state index contributed by atoms with van der Waals surface area (Å²) < 4.78 is 30.5. The molecule has 3 heterocycles. The van der Waals surface area contributed by atoms with Crippen LogP contribution in [0.4, 0.5) is 14.5 Å². The molecule has 3 aromatic heterocycles. The van der Waals surface area contributed by atoms with E-state index in [2.05, 4.69) is 34.3 Å². The lowest BCUT2D eigenvalue weighted by Crippen LogP contribution is -2.22. The third kappa shape index (κ3) is 4.38. The van der Waals surface area contributed by atoms with E-state index in [1.807, 2.05) is 6.92 Å². The van der Waals surface area contributed by atoms with Crippen LogP contribution in [0.25, 0.3) is 5.65 Å². The summed E-state index contributed by atoms with van der Waals surface area (Å²) in [7, 11) is 0. The standard InChI is InChI=1S/C23H30F2N6O/c1-4-14(3)16-6-8-17(9-7-16)30-13-19(20(29-30)21(24)25)28-23(32)18-11-27-31-12-15(5-2)10-26-22(18)31/h10-14,16-17,21H,4-9H2,1-3H3,(H,28,32)/t14?,16-,17-. The monoisotopic (exact) mass is 444 g/mol. The third-order valence-electron chi connectivity index (χ3n) is 6.84. The zero-order valence-corrected chi connectivity index (χ0v) is 18.8. The summed E-state index contributed by atoms with van der Waals surface area (Å²) >= 11 is 0. The van der Waals surface area contributed by atoms with Gasteiger partial charge in [0.2, 0.25) is 0 Å². The van der Waals surface area contributed by atoms with Gasteiger partial charge in [-0.1, -0.05) is 27.2 Å². The van der Waals surface area contributed by atoms with Crippen LogP contribution in [0.15, 0.2) is 24.8 Å². The molecule has 172 valence electrons. The number of aromatic nitrogens is 5. The molecule has 0 radical (unpaired) electrons. The van der Waals surface area contributed by atoms with E-state index < -0.39 is 18.0 Å². The highest BCUT2D eigenvalue weighted by Crippen LogP contribution is 2.38. The van der Waals surface area contributed by atoms with Crippen molar-refractivity contribution in [1.29, 1.82) is 0 Å². The first-order chi connectivity index (χ1) is 15.4. The van der Waals surface area contributed by atoms with Crippen LogP contribution in [0.2, 0.25) is 0 Å². The fourth-order valence-electron chi connectivity index (χ4n) is 4.56. The molecule has 3 aromatic rings. The second-order valence-corrected chi connectivity index (χ2v) is 8.76. The highest BCUT2D eigenvalue weighted by molar-refractivity contribution is 6.08. The molecule has 1 aliphatic rings. The van der Waals surface area contributed by atoms with E-state index >= 15 is 0 Å². The van der Waals surface area contributed by atoms with Crippen molar-refractivity contribution >= 4 is 17.2 Å². The molecule has 0 spiro atoms. The van der Waals surface area contributed by atoms with Crippen molar-refractivity contribution in [2.45, 2.75) is 71.8 Å². The molecule has 0 saturated heterocycles. The van der Waals surface area contributed by atoms with E-state index in [1.54, 1.807) is 23.3 Å². The Morgan fingerprint density at radius 2 is 1.94 bits per heavy atom. The van der Waals surface area contributed by atoms with Crippen LogP contribution in [0.3, 0.4) is 0 Å². The Balaban J connectivity index is 1.53. The summed E-state index contributed by atoms with van der Waals surface area (Å²) in [4.78, 5) is 17.2. The van der Waals surface area contributed by atoms with Gasteiger partial charge in [0.15, 0.2) is 11.3 Å². The zero-order chi connectivity index (χ0) is 22.8. The average Bonchev–Trinajstić information content (AvgIpc) is 3.42. The smallest absolute Gasteiger partial charge is 0.284 e. The normalized spacial score (nSPS) is 20.1. The third-order valence-corrected chi connectivity index (χ3v) is 6.84. The number of carbonyl (C=O) groups excluding carboxylic acids is 1. The van der Waals surface area contributed by atoms with Crippen molar-refractivity contribution in [2.24, 2.45) is 11.8 Å². The van der Waals surface area contributed by atoms with Gasteiger partial charge >= 0.3 is 0 Å². The number of hydrogen-bond acceptors (Lipinski definition) is 4. The number of rotatable bonds is 7. The lowest BCUT2D eigenvalue weighted by molar-refractivity contribution is 0.102. The largest absolute Gasteiger partial charge is 0.319 e. The molecule has 0 bridgehead atoms. The molecule has 9 heteroatoms. The van der Waals surface area contributed by atoms with Gasteiger partial charge in [0.25, 0.3) is 12.3 Å². The number of hydrogen-bond donors (Lipinski definition) is 1. The molecule has 32 heavy (non-hydrogen) atoms. The number of fused-ring (bicyclic) bond motifs is 1. The minimum atomic E-state index is -2.78. The SMILES string of the molecule is CCc1cnc2c(C(=O)Nc3cn([C@H]4CC[C@H](C(C)CC)CC4)nc3C(F)F)cnn2c1. The van der Waals surface area contributed by atoms with Crippen LogP contribution in [0.1, 0.15) is 87.0 Å². The van der Waals surface area contributed by atoms with Crippen molar-refractivity contribution in [2.75, 3.05) is 5.32 Å². The summed E-state index contributed by atoms with van der Waals surface area (Å²) in [5, 5.41) is 11.0. The second-order valence-electron chi connectivity index (χ2n) is 8.76. The highest BCUT2D eigenvalue weighted by atomic mass is 19.3. The number of aryl methyl sites for hydroxylation is 1. The molecule has 4 rings (SSSR count). The number of nitrogens with zero attached hydrogens (tertiary/aromatic N) is 5. The fourth-order valence-corrected chi connectivity index (χ4v) is 4.56. The maximum absolute atomic E-state index is 13.7. The van der Waals surface area contributed by atoms with Gasteiger partial charge in [-0.05, 0) is 49.5 Å². The number of halogens is 2. The van der Waals surface area contributed by atoms with Crippen molar-refractivity contribution in [3.63, 3.8) is 0 Å². The molecule has 1 atom stereocenters. The summed E-state index contributed by atoms with van der Waals surface area (Å²) in [6.45, 7) is 6.48. The van der Waals surface area contributed by atoms with Crippen molar-refractivity contribution in [3.05, 3.63) is 41.6 Å². The fraction of sp³-hybridized carbons (Fsp3) is 0.565. The second kappa shape index (κ2) is 9.34. The Morgan fingerprint density at radius 3 is 2.59 bits per heavy atom. The molecule has 0 aliphatic heterocycles. The molecular formula is C23H30F2N6O. The molecule has 1 saturated carbocycles. The lowest BCUT2D eigenvalue weighted by Gasteiger charge is -2.32. The van der Waals surface area contributed by atoms with E-state index in [9.17, 15) is 13.6 Å². The number of alkyl halides is 2. The molecule has 1 fully saturated rings. The van der Waals surface area contributed by atoms with Gasteiger partial charge in [0.1, 0.15) is 5.56 Å². The van der Waals surface area contributed by atoms with Gasteiger partial charge in [-0.15, -0.1) is 0 Å². The van der Waals surface area contributed by atoms with E-state index in [0.717, 1.165) is 44.1 Å². The summed E-state index contributed by atoms with van der Waals surface area (Å²) in [6.07, 6.45) is 9.55. The van der Waals surface area contributed by atoms with Crippen LogP contribution in [0.5, 0.6) is 0 Å². The Bertz CT molecular complexity index is 1080. The first-order valence-corrected chi connectivity index (χ1v) is 11.4. The Morgan fingerprint density at radius 1 is 1.19 bits per heavy atom. The Hall–Kier alpha value is -2.84. The molecule has 1 unspecified atom stereocenters. The minimum absolute atomic E-state index is 0.0404. The van der Waals surface area contributed by atoms with Gasteiger partial charge < -0.3 is 5.32 Å². The summed E-state index contributed by atoms with van der Waals surface area (Å²) in [5.41, 5.74) is 1.24. The topological polar surface area (TPSA) is 77.1 Å². The van der Waals surface area contributed by atoms with E-state index in [4.69, 9.17) is 0 Å². The van der Waals surface area contributed by atoms with Crippen LogP contribution < -0.4 is 5.32 Å². The Labute approximate surface area is 186 Å². The van der Waals surface area contributed by atoms with Gasteiger partial charge in [-0.2, -0.15) is 10.2 Å². The van der Waals surface area contributed by atoms with Crippen LogP contribution in [0, 0.1) is 11.8 Å². The average molecular weight is 445 g/mol. The Kier molecular flexibility index (Phi) is 6.53. The van der Waals surface area contributed by atoms with Crippen LogP contribution in [-0.4, -0.2) is 30.3 Å². The maximum atomic E-state index is 13.7. The van der Waals surface area contributed by atoms with Gasteiger partial charge in [-0.25, -0.2) is 18.3 Å². The van der Waals surface area contributed by atoms with Crippen molar-refractivity contribution in [3.8, 4) is 0 Å². The minimum Gasteiger partial charge on any atom is -0.319 e. The molecular weight excluding hydrogens is 414 g/mol. The van der Waals surface area contributed by atoms with Crippen LogP contribution in [-0.2, 0) is 6.42 Å². The maximum Gasteiger partial charge on any atom is 0.284 e. The predicted octanol–water partition coefficient (Wildman–Crippen LogP) is 5.46. The van der Waals surface area contributed by atoms with E-state index in [0.29, 0.717) is 17.5 Å². The first-order valence-electron chi connectivity index (χ1n) is 11.4. The van der Waals surface area contributed by atoms with E-state index in [1.165, 1.54) is 10.7 Å². The highest BCUT2D eigenvalue weighted by Gasteiger charge is 2.28. The summed E-state index contributed by atoms with van der Waals surface area (Å²) in [5.74, 6) is 0.823. The number of carbonyl (C=O) groups is 1. The number of amides is 1. The molecule has 7 nitrogen and oxygen atoms in total. The van der Waals surface area contributed by atoms with Crippen molar-refractivity contribution < 1.29 is 13.6 Å². The van der Waals surface area contributed by atoms with Gasteiger partial charge in [0.05, 0.1) is 17.9 Å². The van der Waals surface area contributed by atoms with Gasteiger partial charge in [-0.3, -0.25) is 9.48 Å². The first kappa shape index (κ1) is 22.4. The molecule has 1 aliphatic carbocycles. The molecule has 1 amide bonds.